The Balaban J connectivity index is 1.71. The van der Waals surface area contributed by atoms with Crippen LogP contribution in [0.3, 0.4) is 0 Å². The lowest BCUT2D eigenvalue weighted by molar-refractivity contribution is -0.385. The van der Waals surface area contributed by atoms with Crippen molar-refractivity contribution in [3.63, 3.8) is 0 Å². The van der Waals surface area contributed by atoms with Gasteiger partial charge in [-0.1, -0.05) is 57.2 Å². The van der Waals surface area contributed by atoms with Gasteiger partial charge in [0.15, 0.2) is 0 Å². The first kappa shape index (κ1) is 24.3. The molecule has 0 saturated heterocycles. The van der Waals surface area contributed by atoms with Crippen molar-refractivity contribution in [3.8, 4) is 5.75 Å². The molecule has 0 fully saturated rings. The smallest absolute Gasteiger partial charge is 0.270 e. The van der Waals surface area contributed by atoms with Crippen LogP contribution in [-0.4, -0.2) is 19.9 Å². The Hall–Kier alpha value is -3.84. The van der Waals surface area contributed by atoms with Crippen LogP contribution in [0, 0.1) is 15.9 Å². The minimum absolute atomic E-state index is 0.0479. The number of rotatable bonds is 7. The predicted octanol–water partition coefficient (Wildman–Crippen LogP) is 6.49. The van der Waals surface area contributed by atoms with E-state index < -0.39 is 10.3 Å². The fourth-order valence-electron chi connectivity index (χ4n) is 4.18. The highest BCUT2D eigenvalue weighted by Gasteiger charge is 2.25. The van der Waals surface area contributed by atoms with Crippen molar-refractivity contribution in [2.24, 2.45) is 0 Å². The molecule has 0 radical (unpaired) electrons. The molecule has 0 bridgehead atoms. The summed E-state index contributed by atoms with van der Waals surface area (Å²) in [6, 6.07) is 20.9. The molecular weight excluding hydrogens is 445 g/mol. The van der Waals surface area contributed by atoms with Gasteiger partial charge in [-0.25, -0.2) is 4.39 Å². The highest BCUT2D eigenvalue weighted by molar-refractivity contribution is 5.78. The molecule has 0 atom stereocenters. The zero-order valence-corrected chi connectivity index (χ0v) is 20.0. The number of phenols is 1. The van der Waals surface area contributed by atoms with Crippen LogP contribution in [0.1, 0.15) is 43.2 Å². The maximum atomic E-state index is 13.6. The molecule has 4 aromatic rings. The number of non-ortho nitro benzene ring substituents is 1. The van der Waals surface area contributed by atoms with E-state index in [1.165, 1.54) is 24.3 Å². The normalized spacial score (nSPS) is 11.8. The Bertz CT molecular complexity index is 1370. The Morgan fingerprint density at radius 2 is 1.71 bits per heavy atom. The van der Waals surface area contributed by atoms with Gasteiger partial charge in [-0.15, -0.1) is 0 Å². The maximum absolute atomic E-state index is 13.6. The van der Waals surface area contributed by atoms with Crippen molar-refractivity contribution in [2.75, 3.05) is 0 Å². The summed E-state index contributed by atoms with van der Waals surface area (Å²) in [5.74, 6) is -0.239. The molecule has 7 heteroatoms. The fourth-order valence-corrected chi connectivity index (χ4v) is 4.18. The van der Waals surface area contributed by atoms with E-state index in [9.17, 15) is 19.6 Å². The van der Waals surface area contributed by atoms with Crippen LogP contribution >= 0.6 is 0 Å². The molecule has 1 aromatic heterocycles. The summed E-state index contributed by atoms with van der Waals surface area (Å²) < 4.78 is 13.6. The van der Waals surface area contributed by atoms with Crippen molar-refractivity contribution >= 4 is 16.6 Å². The number of halogens is 1. The molecule has 0 saturated carbocycles. The molecule has 4 rings (SSSR count). The van der Waals surface area contributed by atoms with Gasteiger partial charge in [0.2, 0.25) is 0 Å². The fraction of sp³-hybridized carbons (Fsp3) is 0.250. The van der Waals surface area contributed by atoms with Gasteiger partial charge in [-0.2, -0.15) is 0 Å². The van der Waals surface area contributed by atoms with Crippen LogP contribution in [0.5, 0.6) is 5.75 Å². The van der Waals surface area contributed by atoms with E-state index in [0.717, 1.165) is 16.6 Å². The van der Waals surface area contributed by atoms with Crippen molar-refractivity contribution in [3.05, 3.63) is 111 Å². The van der Waals surface area contributed by atoms with Gasteiger partial charge in [0.1, 0.15) is 11.6 Å². The van der Waals surface area contributed by atoms with Crippen molar-refractivity contribution in [2.45, 2.75) is 45.8 Å². The highest BCUT2D eigenvalue weighted by atomic mass is 19.1. The molecule has 0 unspecified atom stereocenters. The second-order valence-electron chi connectivity index (χ2n) is 9.78. The zero-order chi connectivity index (χ0) is 25.2. The number of hydrogen-bond donors (Lipinski definition) is 1. The molecule has 0 aliphatic rings. The minimum atomic E-state index is -0.468. The Labute approximate surface area is 203 Å². The first-order valence-electron chi connectivity index (χ1n) is 11.4. The average molecular weight is 474 g/mol. The van der Waals surface area contributed by atoms with Gasteiger partial charge < -0.3 is 5.11 Å². The summed E-state index contributed by atoms with van der Waals surface area (Å²) in [5.41, 5.74) is 3.04. The van der Waals surface area contributed by atoms with E-state index >= 15 is 0 Å². The molecule has 6 nitrogen and oxygen atoms in total. The number of benzene rings is 3. The summed E-state index contributed by atoms with van der Waals surface area (Å²) >= 11 is 0. The van der Waals surface area contributed by atoms with Crippen molar-refractivity contribution < 1.29 is 14.4 Å². The zero-order valence-electron chi connectivity index (χ0n) is 20.0. The number of nitro groups is 1. The van der Waals surface area contributed by atoms with E-state index in [1.807, 2.05) is 63.2 Å². The number of fused-ring (bicyclic) bond motifs is 1. The maximum Gasteiger partial charge on any atom is 0.270 e. The van der Waals surface area contributed by atoms with Gasteiger partial charge in [0, 0.05) is 48.3 Å². The van der Waals surface area contributed by atoms with Gasteiger partial charge >= 0.3 is 0 Å². The third kappa shape index (κ3) is 5.81. The van der Waals surface area contributed by atoms with Crippen LogP contribution in [0.4, 0.5) is 10.1 Å². The summed E-state index contributed by atoms with van der Waals surface area (Å²) in [5, 5.41) is 23.4. The van der Waals surface area contributed by atoms with Crippen molar-refractivity contribution in [1.82, 2.24) is 9.88 Å². The third-order valence-corrected chi connectivity index (χ3v) is 5.93. The lowest BCUT2D eigenvalue weighted by atomic mass is 9.84. The molecule has 180 valence electrons. The molecule has 0 spiro atoms. The SMILES string of the molecule is CC(C)(C)c1cc([N+](=O)[O-])cc(CN(Cc2ccccc2)Cc2ccc3cc(F)ccc3n2)c1O. The molecule has 1 N–H and O–H groups in total. The number of phenolic OH excluding ortho intramolecular Hbond substituents is 1. The van der Waals surface area contributed by atoms with E-state index in [0.29, 0.717) is 29.7 Å². The van der Waals surface area contributed by atoms with Crippen molar-refractivity contribution in [1.29, 1.82) is 0 Å². The van der Waals surface area contributed by atoms with E-state index in [2.05, 4.69) is 9.88 Å². The molecule has 3 aromatic carbocycles. The van der Waals surface area contributed by atoms with Gasteiger partial charge in [-0.3, -0.25) is 20.0 Å². The molecule has 0 amide bonds. The van der Waals surface area contributed by atoms with Crippen LogP contribution in [0.15, 0.2) is 72.8 Å². The van der Waals surface area contributed by atoms with E-state index in [4.69, 9.17) is 0 Å². The average Bonchev–Trinajstić information content (AvgIpc) is 2.80. The minimum Gasteiger partial charge on any atom is -0.507 e. The first-order chi connectivity index (χ1) is 16.6. The molecule has 0 aliphatic carbocycles. The Morgan fingerprint density at radius 3 is 2.40 bits per heavy atom. The molecule has 1 heterocycles. The largest absolute Gasteiger partial charge is 0.507 e. The number of hydrogen-bond acceptors (Lipinski definition) is 5. The standard InChI is InChI=1S/C28H28FN3O3/c1-28(2,3)25-15-24(32(34)35)14-21(27(25)33)17-31(16-19-7-5-4-6-8-19)18-23-11-9-20-13-22(29)10-12-26(20)30-23/h4-15,33H,16-18H2,1-3H3. The van der Waals surface area contributed by atoms with Crippen LogP contribution in [-0.2, 0) is 25.0 Å². The third-order valence-electron chi connectivity index (χ3n) is 5.93. The van der Waals surface area contributed by atoms with Gasteiger partial charge in [0.05, 0.1) is 16.1 Å². The lowest BCUT2D eigenvalue weighted by Gasteiger charge is -2.26. The number of aromatic hydroxyl groups is 1. The van der Waals surface area contributed by atoms with Crippen LogP contribution < -0.4 is 0 Å². The quantitative estimate of drug-likeness (QED) is 0.245. The lowest BCUT2D eigenvalue weighted by Crippen LogP contribution is -2.24. The van der Waals surface area contributed by atoms with E-state index in [-0.39, 0.29) is 23.8 Å². The first-order valence-corrected chi connectivity index (χ1v) is 11.4. The van der Waals surface area contributed by atoms with E-state index in [1.54, 1.807) is 6.07 Å². The summed E-state index contributed by atoms with van der Waals surface area (Å²) in [4.78, 5) is 18.0. The molecule has 35 heavy (non-hydrogen) atoms. The summed E-state index contributed by atoms with van der Waals surface area (Å²) in [6.45, 7) is 7.03. The van der Waals surface area contributed by atoms with Gasteiger partial charge in [0.25, 0.3) is 5.69 Å². The number of aromatic nitrogens is 1. The number of pyridine rings is 1. The number of nitro benzene ring substituents is 1. The molecular formula is C28H28FN3O3. The number of nitrogens with zero attached hydrogens (tertiary/aromatic N) is 3. The Morgan fingerprint density at radius 1 is 0.971 bits per heavy atom. The monoisotopic (exact) mass is 473 g/mol. The van der Waals surface area contributed by atoms with Crippen LogP contribution in [0.2, 0.25) is 0 Å². The summed E-state index contributed by atoms with van der Waals surface area (Å²) in [6.07, 6.45) is 0. The second kappa shape index (κ2) is 9.80. The topological polar surface area (TPSA) is 79.5 Å². The summed E-state index contributed by atoms with van der Waals surface area (Å²) in [7, 11) is 0. The van der Waals surface area contributed by atoms with Gasteiger partial charge in [-0.05, 0) is 35.2 Å². The second-order valence-corrected chi connectivity index (χ2v) is 9.78. The highest BCUT2D eigenvalue weighted by Crippen LogP contribution is 2.37. The predicted molar refractivity (Wildman–Crippen MR) is 135 cm³/mol. The Kier molecular flexibility index (Phi) is 6.80. The van der Waals surface area contributed by atoms with Crippen LogP contribution in [0.25, 0.3) is 10.9 Å². The molecule has 0 aliphatic heterocycles.